The van der Waals surface area contributed by atoms with E-state index in [9.17, 15) is 25.0 Å². The minimum absolute atomic E-state index is 0.104. The Balaban J connectivity index is 3.01. The maximum Gasteiger partial charge on any atom is 0.426 e. The van der Waals surface area contributed by atoms with E-state index in [4.69, 9.17) is 4.74 Å². The largest absolute Gasteiger partial charge is 0.426 e. The van der Waals surface area contributed by atoms with Gasteiger partial charge in [0.15, 0.2) is 0 Å². The highest BCUT2D eigenvalue weighted by molar-refractivity contribution is 6.16. The van der Waals surface area contributed by atoms with Crippen LogP contribution in [0.15, 0.2) is 36.4 Å². The zero-order valence-electron chi connectivity index (χ0n) is 11.5. The molecule has 0 aliphatic carbocycles. The lowest BCUT2D eigenvalue weighted by molar-refractivity contribution is -0.664. The van der Waals surface area contributed by atoms with E-state index in [1.54, 1.807) is 37.3 Å². The maximum absolute atomic E-state index is 12.1. The first kappa shape index (κ1) is 16.3. The third-order valence-corrected chi connectivity index (χ3v) is 2.71. The Bertz CT molecular complexity index is 584. The molecule has 21 heavy (non-hydrogen) atoms. The van der Waals surface area contributed by atoms with Crippen molar-refractivity contribution >= 4 is 11.5 Å². The number of carbonyl (C=O) groups is 1. The van der Waals surface area contributed by atoms with Crippen LogP contribution in [-0.4, -0.2) is 28.1 Å². The summed E-state index contributed by atoms with van der Waals surface area (Å²) in [5, 5.41) is 21.4. The monoisotopic (exact) mass is 294 g/mol. The van der Waals surface area contributed by atoms with Crippen LogP contribution < -0.4 is 0 Å². The molecule has 8 nitrogen and oxygen atoms in total. The number of hydrogen-bond donors (Lipinski definition) is 0. The highest BCUT2D eigenvalue weighted by Crippen LogP contribution is 2.20. The van der Waals surface area contributed by atoms with Gasteiger partial charge in [-0.15, -0.1) is 0 Å². The van der Waals surface area contributed by atoms with Gasteiger partial charge >= 0.3 is 18.2 Å². The normalized spacial score (nSPS) is 14.1. The van der Waals surface area contributed by atoms with Gasteiger partial charge in [-0.1, -0.05) is 36.4 Å². The molecule has 0 aliphatic rings. The first-order valence-corrected chi connectivity index (χ1v) is 6.01. The number of benzene rings is 1. The summed E-state index contributed by atoms with van der Waals surface area (Å²) < 4.78 is 4.77. The third-order valence-electron chi connectivity index (χ3n) is 2.71. The van der Waals surface area contributed by atoms with Gasteiger partial charge in [-0.3, -0.25) is 20.2 Å². The highest BCUT2D eigenvalue weighted by Gasteiger charge is 2.48. The number of hydrogen-bond acceptors (Lipinski definition) is 6. The summed E-state index contributed by atoms with van der Waals surface area (Å²) in [5.74, 6) is -0.982. The first-order chi connectivity index (χ1) is 9.80. The summed E-state index contributed by atoms with van der Waals surface area (Å²) in [6.45, 7) is 1.35. The molecule has 0 heterocycles. The summed E-state index contributed by atoms with van der Waals surface area (Å²) in [6, 6.07) is 8.39. The molecule has 0 radical (unpaired) electrons. The average Bonchev–Trinajstić information content (AvgIpc) is 2.39. The lowest BCUT2D eigenvalue weighted by Crippen LogP contribution is -2.46. The van der Waals surface area contributed by atoms with Crippen molar-refractivity contribution in [3.63, 3.8) is 0 Å². The van der Waals surface area contributed by atoms with Crippen molar-refractivity contribution in [3.8, 4) is 0 Å². The van der Waals surface area contributed by atoms with Gasteiger partial charge in [-0.25, -0.2) is 4.79 Å². The molecule has 1 atom stereocenters. The van der Waals surface area contributed by atoms with Crippen molar-refractivity contribution in [3.05, 3.63) is 62.2 Å². The van der Waals surface area contributed by atoms with Gasteiger partial charge in [-0.2, -0.15) is 0 Å². The molecule has 0 bridgehead atoms. The molecule has 0 aromatic heterocycles. The fourth-order valence-electron chi connectivity index (χ4n) is 1.64. The van der Waals surface area contributed by atoms with Gasteiger partial charge in [0, 0.05) is 4.92 Å². The quantitative estimate of drug-likeness (QED) is 0.260. The van der Waals surface area contributed by atoms with Crippen molar-refractivity contribution in [2.75, 3.05) is 6.54 Å². The zero-order chi connectivity index (χ0) is 16.0. The molecule has 8 heteroatoms. The van der Waals surface area contributed by atoms with Gasteiger partial charge in [0.2, 0.25) is 0 Å². The lowest BCUT2D eigenvalue weighted by atomic mass is 10.1. The van der Waals surface area contributed by atoms with Crippen LogP contribution in [0, 0.1) is 20.2 Å². The number of carbonyl (C=O) groups excluding carboxylic acids is 1. The van der Waals surface area contributed by atoms with Gasteiger partial charge in [0.25, 0.3) is 0 Å². The second-order valence-electron chi connectivity index (χ2n) is 4.38. The number of nitrogens with zero attached hydrogens (tertiary/aromatic N) is 2. The second kappa shape index (κ2) is 6.60. The molecule has 1 unspecified atom stereocenters. The van der Waals surface area contributed by atoms with E-state index >= 15 is 0 Å². The fraction of sp³-hybridized carbons (Fsp3) is 0.308. The van der Waals surface area contributed by atoms with Crippen LogP contribution in [0.2, 0.25) is 0 Å². The maximum atomic E-state index is 12.1. The number of allylic oxidation sites excluding steroid dienone is 1. The molecule has 0 aliphatic heterocycles. The van der Waals surface area contributed by atoms with Crippen molar-refractivity contribution < 1.29 is 19.4 Å². The Morgan fingerprint density at radius 3 is 2.29 bits per heavy atom. The first-order valence-electron chi connectivity index (χ1n) is 6.01. The van der Waals surface area contributed by atoms with Crippen LogP contribution in [0.25, 0.3) is 5.57 Å². The molecular weight excluding hydrogens is 280 g/mol. The topological polar surface area (TPSA) is 113 Å². The van der Waals surface area contributed by atoms with E-state index in [1.165, 1.54) is 6.08 Å². The van der Waals surface area contributed by atoms with Crippen LogP contribution in [-0.2, 0) is 9.53 Å². The van der Waals surface area contributed by atoms with E-state index in [2.05, 4.69) is 0 Å². The number of esters is 1. The van der Waals surface area contributed by atoms with Gasteiger partial charge in [0.05, 0.1) is 17.4 Å². The standard InChI is InChI=1S/C13H14N2O6/c1-3-11(10-7-5-4-6-8-10)12(16)21-13(2,15(19)20)9-14(17)18/h3-8H,9H2,1-2H3/b11-3+. The van der Waals surface area contributed by atoms with Crippen molar-refractivity contribution in [2.24, 2.45) is 0 Å². The summed E-state index contributed by atoms with van der Waals surface area (Å²) in [7, 11) is 0. The van der Waals surface area contributed by atoms with E-state index < -0.39 is 28.1 Å². The predicted molar refractivity (Wildman–Crippen MR) is 73.4 cm³/mol. The molecule has 1 aromatic carbocycles. The minimum Gasteiger partial charge on any atom is -0.387 e. The summed E-state index contributed by atoms with van der Waals surface area (Å²) >= 11 is 0. The molecule has 0 spiro atoms. The van der Waals surface area contributed by atoms with Crippen molar-refractivity contribution in [2.45, 2.75) is 19.6 Å². The van der Waals surface area contributed by atoms with Crippen LogP contribution in [0.4, 0.5) is 0 Å². The van der Waals surface area contributed by atoms with Crippen LogP contribution in [0.5, 0.6) is 0 Å². The van der Waals surface area contributed by atoms with E-state index in [0.717, 1.165) is 6.92 Å². The molecule has 112 valence electrons. The van der Waals surface area contributed by atoms with Crippen molar-refractivity contribution in [1.82, 2.24) is 0 Å². The molecule has 1 rings (SSSR count). The Morgan fingerprint density at radius 1 is 1.29 bits per heavy atom. The van der Waals surface area contributed by atoms with Gasteiger partial charge < -0.3 is 4.74 Å². The molecular formula is C13H14N2O6. The molecule has 1 aromatic rings. The smallest absolute Gasteiger partial charge is 0.387 e. The molecule has 0 N–H and O–H groups in total. The second-order valence-corrected chi connectivity index (χ2v) is 4.38. The Labute approximate surface area is 120 Å². The lowest BCUT2D eigenvalue weighted by Gasteiger charge is -2.18. The van der Waals surface area contributed by atoms with E-state index in [0.29, 0.717) is 5.56 Å². The highest BCUT2D eigenvalue weighted by atomic mass is 16.7. The molecule has 0 amide bonds. The van der Waals surface area contributed by atoms with Crippen LogP contribution >= 0.6 is 0 Å². The average molecular weight is 294 g/mol. The predicted octanol–water partition coefficient (Wildman–Crippen LogP) is 1.90. The Kier molecular flexibility index (Phi) is 5.12. The summed E-state index contributed by atoms with van der Waals surface area (Å²) in [6.07, 6.45) is 1.43. The Hall–Kier alpha value is -2.77. The molecule has 0 fully saturated rings. The fourth-order valence-corrected chi connectivity index (χ4v) is 1.64. The Morgan fingerprint density at radius 2 is 1.86 bits per heavy atom. The van der Waals surface area contributed by atoms with Gasteiger partial charge in [0.1, 0.15) is 0 Å². The zero-order valence-corrected chi connectivity index (χ0v) is 11.5. The SMILES string of the molecule is C/C=C(/C(=O)OC(C)(C[N+](=O)[O-])[N+](=O)[O-])c1ccccc1. The van der Waals surface area contributed by atoms with E-state index in [-0.39, 0.29) is 5.57 Å². The van der Waals surface area contributed by atoms with Crippen LogP contribution in [0.3, 0.4) is 0 Å². The third kappa shape index (κ3) is 4.10. The van der Waals surface area contributed by atoms with E-state index in [1.807, 2.05) is 0 Å². The van der Waals surface area contributed by atoms with Gasteiger partial charge in [-0.05, 0) is 12.5 Å². The number of nitro groups is 2. The molecule has 0 saturated heterocycles. The summed E-state index contributed by atoms with van der Waals surface area (Å²) in [5.41, 5.74) is -1.80. The minimum atomic E-state index is -2.41. The molecule has 0 saturated carbocycles. The number of ether oxygens (including phenoxy) is 1. The number of rotatable bonds is 6. The summed E-state index contributed by atoms with van der Waals surface area (Å²) in [4.78, 5) is 31.6. The van der Waals surface area contributed by atoms with Crippen molar-refractivity contribution in [1.29, 1.82) is 0 Å². The van der Waals surface area contributed by atoms with Crippen LogP contribution in [0.1, 0.15) is 19.4 Å².